The number of hydrogen-bond donors (Lipinski definition) is 4. The van der Waals surface area contributed by atoms with E-state index in [1.807, 2.05) is 89.2 Å². The monoisotopic (exact) mass is 1470 g/mol. The van der Waals surface area contributed by atoms with Gasteiger partial charge in [-0.25, -0.2) is 34.3 Å². The van der Waals surface area contributed by atoms with E-state index in [0.717, 1.165) is 141 Å². The molecule has 12 heterocycles. The van der Waals surface area contributed by atoms with Gasteiger partial charge in [-0.05, 0) is 185 Å². The molecule has 0 fully saturated rings. The first kappa shape index (κ1) is 73.6. The minimum absolute atomic E-state index is 0.273. The topological polar surface area (TPSA) is 298 Å². The van der Waals surface area contributed by atoms with Gasteiger partial charge in [-0.1, -0.05) is 22.6 Å². The Hall–Kier alpha value is -8.80. The largest absolute Gasteiger partial charge is 0.497 e. The number of methoxy groups -OCH3 is 4. The fourth-order valence-electron chi connectivity index (χ4n) is 10.5. The third-order valence-corrected chi connectivity index (χ3v) is 15.1. The van der Waals surface area contributed by atoms with Crippen molar-refractivity contribution in [3.8, 4) is 56.4 Å². The number of aromatic nitrogens is 8. The van der Waals surface area contributed by atoms with Crippen LogP contribution in [0.15, 0.2) is 127 Å². The van der Waals surface area contributed by atoms with E-state index < -0.39 is 24.4 Å². The maximum atomic E-state index is 12.5. The van der Waals surface area contributed by atoms with Crippen LogP contribution in [-0.2, 0) is 35.2 Å². The predicted molar refractivity (Wildman–Crippen MR) is 380 cm³/mol. The molecule has 5 N–H and O–H groups in total. The molecule has 24 nitrogen and oxygen atoms in total. The Labute approximate surface area is 577 Å². The Bertz CT molecular complexity index is 3880. The van der Waals surface area contributed by atoms with E-state index in [1.165, 1.54) is 30.0 Å². The average Bonchev–Trinajstić information content (AvgIpc) is 0.884. The van der Waals surface area contributed by atoms with E-state index in [9.17, 15) is 14.4 Å². The third kappa shape index (κ3) is 20.4. The van der Waals surface area contributed by atoms with Gasteiger partial charge in [-0.15, -0.1) is 0 Å². The lowest BCUT2D eigenvalue weighted by Crippen LogP contribution is -2.40. The number of fused-ring (bicyclic) bond motifs is 4. The molecule has 95 heavy (non-hydrogen) atoms. The molecule has 0 spiro atoms. The standard InChI is InChI=1S/C19H23N3O3.C15H16N4O2.C14H15N3O.C13H17BrN2O2.C6H8BNO3.CH3I/c1-19(2,3)25-18(23)22-9-5-6-13-10-14(11-21-17(13)22)15-12-20-8-7-16(15)24-4;1-21-13-4-5-17-9-12(13)11-7-10-3-2-6-19(15(16)20)14(10)18-8-11;1-18-13-4-6-15-9-12(13)11-7-10-3-2-5-16-14(10)17-8-11;1-13(2,3)18-12(17)16-6-4-5-9-7-10(14)8-15-11(9)16;1-11-6-2-3-8-4-5(6)7(9)10;1-2/h7-8,10-12H,5-6,9H2,1-4H3;4-5,7-9H,2-3,6H2,1H3,(H2,16,20);4,6-9H,2-3,5H2,1H3,(H,16,17);7-8H,4-6H2,1-3H3;2-4,9-10H,1H3;1H3. The maximum Gasteiger partial charge on any atom is 0.493 e. The van der Waals surface area contributed by atoms with Crippen molar-refractivity contribution in [2.24, 2.45) is 5.73 Å². The van der Waals surface area contributed by atoms with Crippen molar-refractivity contribution in [2.75, 3.05) is 79.6 Å². The van der Waals surface area contributed by atoms with Gasteiger partial charge in [0, 0.05) is 144 Å². The molecule has 0 saturated heterocycles. The first-order valence-electron chi connectivity index (χ1n) is 30.7. The van der Waals surface area contributed by atoms with Crippen LogP contribution in [0, 0.1) is 0 Å². The number of carbonyl (C=O) groups is 3. The summed E-state index contributed by atoms with van der Waals surface area (Å²) in [7, 11) is 4.86. The second-order valence-electron chi connectivity index (χ2n) is 23.6. The fraction of sp³-hybridized carbons (Fsp3) is 0.368. The lowest BCUT2D eigenvalue weighted by atomic mass is 9.81. The first-order chi connectivity index (χ1) is 45.6. The summed E-state index contributed by atoms with van der Waals surface area (Å²) in [6.07, 6.45) is 27.3. The molecule has 0 atom stereocenters. The molecule has 4 aliphatic heterocycles. The number of nitrogens with two attached hydrogens (primary N) is 1. The van der Waals surface area contributed by atoms with Crippen LogP contribution in [0.4, 0.5) is 37.7 Å². The first-order valence-corrected chi connectivity index (χ1v) is 33.6. The summed E-state index contributed by atoms with van der Waals surface area (Å²) in [5, 5.41) is 20.9. The van der Waals surface area contributed by atoms with Crippen LogP contribution >= 0.6 is 38.5 Å². The number of urea groups is 1. The number of pyridine rings is 8. The number of primary amides is 1. The van der Waals surface area contributed by atoms with Crippen molar-refractivity contribution in [3.05, 3.63) is 150 Å². The summed E-state index contributed by atoms with van der Waals surface area (Å²) >= 11 is 5.55. The number of ether oxygens (including phenoxy) is 6. The van der Waals surface area contributed by atoms with E-state index in [2.05, 4.69) is 95.8 Å². The van der Waals surface area contributed by atoms with Crippen LogP contribution in [0.3, 0.4) is 0 Å². The summed E-state index contributed by atoms with van der Waals surface area (Å²) in [6.45, 7) is 14.1. The number of amides is 4. The highest BCUT2D eigenvalue weighted by Gasteiger charge is 2.31. The number of rotatable bonds is 8. The predicted octanol–water partition coefficient (Wildman–Crippen LogP) is 11.7. The zero-order chi connectivity index (χ0) is 68.8. The SMILES string of the molecule is CC(C)(C)OC(=O)N1CCCc2cc(Br)cnc21.CI.COc1ccncc1-c1cnc2c(c1)CCCN2.COc1ccncc1-c1cnc2c(c1)CCCN2C(=O)OC(C)(C)C.COc1ccncc1-c1cnc2c(c1)CCCN2C(N)=O.COc1ccncc1B(O)O. The van der Waals surface area contributed by atoms with Crippen LogP contribution in [0.1, 0.15) is 89.5 Å². The summed E-state index contributed by atoms with van der Waals surface area (Å²) in [5.74, 6) is 5.80. The van der Waals surface area contributed by atoms with E-state index >= 15 is 0 Å². The molecule has 0 saturated carbocycles. The molecule has 0 bridgehead atoms. The second-order valence-corrected chi connectivity index (χ2v) is 24.5. The number of halogens is 2. The summed E-state index contributed by atoms with van der Waals surface area (Å²) in [6, 6.07) is 14.9. The molecule has 0 radical (unpaired) electrons. The number of alkyl halides is 1. The van der Waals surface area contributed by atoms with Crippen LogP contribution in [0.2, 0.25) is 0 Å². The highest BCUT2D eigenvalue weighted by molar-refractivity contribution is 14.1. The van der Waals surface area contributed by atoms with Gasteiger partial charge in [0.1, 0.15) is 57.5 Å². The van der Waals surface area contributed by atoms with Crippen LogP contribution in [0.5, 0.6) is 23.0 Å². The average molecular weight is 1480 g/mol. The van der Waals surface area contributed by atoms with E-state index in [1.54, 1.807) is 86.8 Å². The van der Waals surface area contributed by atoms with Gasteiger partial charge in [0.05, 0.1) is 28.4 Å². The molecular weight excluding hydrogens is 1390 g/mol. The lowest BCUT2D eigenvalue weighted by molar-refractivity contribution is 0.0565. The Balaban J connectivity index is 0.000000170. The fourth-order valence-corrected chi connectivity index (χ4v) is 10.8. The molecule has 502 valence electrons. The number of anilines is 4. The van der Waals surface area contributed by atoms with Gasteiger partial charge in [-0.2, -0.15) is 0 Å². The van der Waals surface area contributed by atoms with E-state index in [4.69, 9.17) is 44.2 Å². The minimum atomic E-state index is -1.53. The highest BCUT2D eigenvalue weighted by atomic mass is 127. The molecule has 0 aromatic carbocycles. The van der Waals surface area contributed by atoms with E-state index in [-0.39, 0.29) is 17.6 Å². The Morgan fingerprint density at radius 1 is 0.516 bits per heavy atom. The van der Waals surface area contributed by atoms with Crippen LogP contribution in [-0.4, -0.2) is 146 Å². The Morgan fingerprint density at radius 2 is 0.884 bits per heavy atom. The quantitative estimate of drug-likeness (QED) is 0.0624. The van der Waals surface area contributed by atoms with Crippen molar-refractivity contribution in [2.45, 2.75) is 104 Å². The summed E-state index contributed by atoms with van der Waals surface area (Å²) < 4.78 is 32.8. The Kier molecular flexibility index (Phi) is 27.2. The molecule has 0 unspecified atom stereocenters. The highest BCUT2D eigenvalue weighted by Crippen LogP contribution is 2.37. The third-order valence-electron chi connectivity index (χ3n) is 14.7. The lowest BCUT2D eigenvalue weighted by Gasteiger charge is -2.30. The number of nitrogens with one attached hydrogen (secondary N) is 1. The number of aryl methyl sites for hydroxylation is 4. The maximum absolute atomic E-state index is 12.5. The van der Waals surface area contributed by atoms with Crippen molar-refractivity contribution in [1.82, 2.24) is 39.9 Å². The second kappa shape index (κ2) is 35.1. The summed E-state index contributed by atoms with van der Waals surface area (Å²) in [5.41, 5.74) is 14.7. The molecule has 27 heteroatoms. The number of carbonyl (C=O) groups excluding carboxylic acids is 3. The van der Waals surface area contributed by atoms with Gasteiger partial charge < -0.3 is 49.5 Å². The normalized spacial score (nSPS) is 13.3. The van der Waals surface area contributed by atoms with Crippen LogP contribution in [0.25, 0.3) is 33.4 Å². The molecule has 4 amide bonds. The molecule has 12 rings (SSSR count). The molecule has 8 aromatic heterocycles. The number of nitrogens with zero attached hydrogens (tertiary/aromatic N) is 11. The molecular formula is C68H82BBrIN13O11. The van der Waals surface area contributed by atoms with Gasteiger partial charge in [0.15, 0.2) is 0 Å². The number of hydrogen-bond acceptors (Lipinski definition) is 20. The van der Waals surface area contributed by atoms with Crippen LogP contribution < -0.4 is 50.2 Å². The zero-order valence-electron chi connectivity index (χ0n) is 55.4. The van der Waals surface area contributed by atoms with Gasteiger partial charge in [0.25, 0.3) is 0 Å². The van der Waals surface area contributed by atoms with Crippen molar-refractivity contribution < 1.29 is 52.9 Å². The zero-order valence-corrected chi connectivity index (χ0v) is 59.2. The van der Waals surface area contributed by atoms with Crippen molar-refractivity contribution in [3.63, 3.8) is 0 Å². The van der Waals surface area contributed by atoms with Gasteiger partial charge in [0.2, 0.25) is 0 Å². The van der Waals surface area contributed by atoms with Crippen molar-refractivity contribution in [1.29, 1.82) is 0 Å². The molecule has 0 aliphatic carbocycles. The minimum Gasteiger partial charge on any atom is -0.497 e. The van der Waals surface area contributed by atoms with E-state index in [0.29, 0.717) is 37.0 Å². The van der Waals surface area contributed by atoms with Gasteiger partial charge in [-0.3, -0.25) is 34.6 Å². The van der Waals surface area contributed by atoms with Gasteiger partial charge >= 0.3 is 25.3 Å². The molecule has 4 aliphatic rings. The smallest absolute Gasteiger partial charge is 0.493 e. The molecule has 8 aromatic rings. The van der Waals surface area contributed by atoms with Crippen molar-refractivity contribution >= 4 is 92.6 Å². The Morgan fingerprint density at radius 3 is 1.29 bits per heavy atom. The summed E-state index contributed by atoms with van der Waals surface area (Å²) in [4.78, 5) is 76.7.